The zero-order chi connectivity index (χ0) is 7.56. The Morgan fingerprint density at radius 2 is 2.40 bits per heavy atom. The van der Waals surface area contributed by atoms with Crippen molar-refractivity contribution in [2.75, 3.05) is 5.88 Å². The van der Waals surface area contributed by atoms with Gasteiger partial charge in [0.1, 0.15) is 0 Å². The van der Waals surface area contributed by atoms with Gasteiger partial charge in [-0.2, -0.15) is 0 Å². The molecule has 0 bridgehead atoms. The number of allylic oxidation sites excluding steroid dienone is 2. The SMILES string of the molecule is CC1=CC[C@H](CCl)[C@@H](C)C1. The van der Waals surface area contributed by atoms with Crippen molar-refractivity contribution in [2.24, 2.45) is 11.8 Å². The molecule has 0 aromatic carbocycles. The van der Waals surface area contributed by atoms with Gasteiger partial charge in [0.05, 0.1) is 0 Å². The topological polar surface area (TPSA) is 0 Å². The van der Waals surface area contributed by atoms with Crippen molar-refractivity contribution in [3.63, 3.8) is 0 Å². The molecule has 58 valence electrons. The van der Waals surface area contributed by atoms with Crippen LogP contribution in [0, 0.1) is 11.8 Å². The molecular weight excluding hydrogens is 144 g/mol. The maximum absolute atomic E-state index is 5.79. The van der Waals surface area contributed by atoms with E-state index < -0.39 is 0 Å². The van der Waals surface area contributed by atoms with Gasteiger partial charge in [0, 0.05) is 5.88 Å². The molecule has 1 heteroatoms. The Balaban J connectivity index is 2.52. The van der Waals surface area contributed by atoms with Crippen molar-refractivity contribution in [3.05, 3.63) is 11.6 Å². The van der Waals surface area contributed by atoms with Crippen molar-refractivity contribution in [2.45, 2.75) is 26.7 Å². The molecule has 0 radical (unpaired) electrons. The summed E-state index contributed by atoms with van der Waals surface area (Å²) in [4.78, 5) is 0. The third-order valence-corrected chi connectivity index (χ3v) is 2.81. The molecule has 0 unspecified atom stereocenters. The molecule has 0 nitrogen and oxygen atoms in total. The van der Waals surface area contributed by atoms with E-state index in [1.165, 1.54) is 18.4 Å². The lowest BCUT2D eigenvalue weighted by Gasteiger charge is -2.25. The van der Waals surface area contributed by atoms with Crippen molar-refractivity contribution in [1.82, 2.24) is 0 Å². The van der Waals surface area contributed by atoms with E-state index in [1.54, 1.807) is 0 Å². The van der Waals surface area contributed by atoms with E-state index in [4.69, 9.17) is 11.6 Å². The predicted molar refractivity (Wildman–Crippen MR) is 46.4 cm³/mol. The molecule has 0 amide bonds. The summed E-state index contributed by atoms with van der Waals surface area (Å²) in [6.07, 6.45) is 4.76. The predicted octanol–water partition coefficient (Wildman–Crippen LogP) is 3.22. The largest absolute Gasteiger partial charge is 0.126 e. The zero-order valence-electron chi connectivity index (χ0n) is 6.73. The second-order valence-corrected chi connectivity index (χ2v) is 3.69. The van der Waals surface area contributed by atoms with Crippen LogP contribution in [0.4, 0.5) is 0 Å². The minimum atomic E-state index is 0.727. The van der Waals surface area contributed by atoms with Crippen molar-refractivity contribution < 1.29 is 0 Å². The molecule has 0 saturated carbocycles. The maximum Gasteiger partial charge on any atom is 0.0257 e. The van der Waals surface area contributed by atoms with E-state index in [0.717, 1.165) is 17.7 Å². The Hall–Kier alpha value is 0.0300. The second-order valence-electron chi connectivity index (χ2n) is 3.38. The van der Waals surface area contributed by atoms with Crippen molar-refractivity contribution in [1.29, 1.82) is 0 Å². The first-order chi connectivity index (χ1) is 4.74. The highest BCUT2D eigenvalue weighted by atomic mass is 35.5. The monoisotopic (exact) mass is 158 g/mol. The first kappa shape index (κ1) is 8.13. The summed E-state index contributed by atoms with van der Waals surface area (Å²) in [5, 5.41) is 0. The molecule has 0 aliphatic heterocycles. The highest BCUT2D eigenvalue weighted by Gasteiger charge is 2.18. The molecule has 1 rings (SSSR count). The van der Waals surface area contributed by atoms with Crippen LogP contribution < -0.4 is 0 Å². The molecule has 0 aromatic rings. The van der Waals surface area contributed by atoms with Gasteiger partial charge in [0.25, 0.3) is 0 Å². The van der Waals surface area contributed by atoms with Gasteiger partial charge in [0.15, 0.2) is 0 Å². The molecule has 10 heavy (non-hydrogen) atoms. The molecule has 1 aliphatic rings. The molecule has 0 aromatic heterocycles. The molecule has 0 N–H and O–H groups in total. The third-order valence-electron chi connectivity index (χ3n) is 2.42. The van der Waals surface area contributed by atoms with Crippen LogP contribution in [-0.4, -0.2) is 5.88 Å². The quantitative estimate of drug-likeness (QED) is 0.406. The third kappa shape index (κ3) is 1.76. The van der Waals surface area contributed by atoms with Gasteiger partial charge in [-0.05, 0) is 31.6 Å². The first-order valence-corrected chi connectivity index (χ1v) is 4.49. The molecule has 1 aliphatic carbocycles. The minimum Gasteiger partial charge on any atom is -0.126 e. The van der Waals surface area contributed by atoms with Gasteiger partial charge in [0.2, 0.25) is 0 Å². The Kier molecular flexibility index (Phi) is 2.79. The summed E-state index contributed by atoms with van der Waals surface area (Å²) < 4.78 is 0. The number of hydrogen-bond acceptors (Lipinski definition) is 0. The van der Waals surface area contributed by atoms with Crippen LogP contribution in [0.3, 0.4) is 0 Å². The summed E-state index contributed by atoms with van der Waals surface area (Å²) in [6.45, 7) is 4.50. The van der Waals surface area contributed by atoms with Crippen molar-refractivity contribution >= 4 is 11.6 Å². The van der Waals surface area contributed by atoms with Gasteiger partial charge in [-0.1, -0.05) is 18.6 Å². The van der Waals surface area contributed by atoms with Crippen LogP contribution in [-0.2, 0) is 0 Å². The molecular formula is C9H15Cl. The summed E-state index contributed by atoms with van der Waals surface area (Å²) in [6, 6.07) is 0. The van der Waals surface area contributed by atoms with E-state index in [9.17, 15) is 0 Å². The van der Waals surface area contributed by atoms with Gasteiger partial charge < -0.3 is 0 Å². The Labute approximate surface area is 68.3 Å². The second kappa shape index (κ2) is 3.43. The average molecular weight is 159 g/mol. The molecule has 0 spiro atoms. The summed E-state index contributed by atoms with van der Waals surface area (Å²) >= 11 is 5.79. The van der Waals surface area contributed by atoms with E-state index in [-0.39, 0.29) is 0 Å². The lowest BCUT2D eigenvalue weighted by atomic mass is 9.82. The fourth-order valence-corrected chi connectivity index (χ4v) is 1.99. The standard InChI is InChI=1S/C9H15Cl/c1-7-3-4-9(6-10)8(2)5-7/h3,8-9H,4-6H2,1-2H3/t8-,9+/m0/s1. The van der Waals surface area contributed by atoms with Crippen molar-refractivity contribution in [3.8, 4) is 0 Å². The van der Waals surface area contributed by atoms with Crippen LogP contribution in [0.1, 0.15) is 26.7 Å². The normalized spacial score (nSPS) is 33.7. The average Bonchev–Trinajstić information content (AvgIpc) is 1.88. The fraction of sp³-hybridized carbons (Fsp3) is 0.778. The lowest BCUT2D eigenvalue weighted by Crippen LogP contribution is -2.16. The van der Waals surface area contributed by atoms with E-state index >= 15 is 0 Å². The highest BCUT2D eigenvalue weighted by molar-refractivity contribution is 6.18. The number of hydrogen-bond donors (Lipinski definition) is 0. The minimum absolute atomic E-state index is 0.727. The van der Waals surface area contributed by atoms with Gasteiger partial charge in [-0.3, -0.25) is 0 Å². The number of rotatable bonds is 1. The Morgan fingerprint density at radius 3 is 2.90 bits per heavy atom. The van der Waals surface area contributed by atoms with E-state index in [1.807, 2.05) is 0 Å². The number of halogens is 1. The zero-order valence-corrected chi connectivity index (χ0v) is 7.49. The van der Waals surface area contributed by atoms with Gasteiger partial charge >= 0.3 is 0 Å². The summed E-state index contributed by atoms with van der Waals surface area (Å²) in [5.74, 6) is 2.35. The van der Waals surface area contributed by atoms with E-state index in [0.29, 0.717) is 0 Å². The van der Waals surface area contributed by atoms with Crippen LogP contribution in [0.15, 0.2) is 11.6 Å². The lowest BCUT2D eigenvalue weighted by molar-refractivity contribution is 0.374. The smallest absolute Gasteiger partial charge is 0.0257 e. The Bertz CT molecular complexity index is 138. The molecule has 0 fully saturated rings. The van der Waals surface area contributed by atoms with Crippen LogP contribution >= 0.6 is 11.6 Å². The summed E-state index contributed by atoms with van der Waals surface area (Å²) in [5.41, 5.74) is 1.54. The molecule has 2 atom stereocenters. The highest BCUT2D eigenvalue weighted by Crippen LogP contribution is 2.29. The Morgan fingerprint density at radius 1 is 1.70 bits per heavy atom. The molecule has 0 heterocycles. The fourth-order valence-electron chi connectivity index (χ4n) is 1.56. The first-order valence-electron chi connectivity index (χ1n) is 3.95. The van der Waals surface area contributed by atoms with E-state index in [2.05, 4.69) is 19.9 Å². The molecule has 0 saturated heterocycles. The van der Waals surface area contributed by atoms with Crippen LogP contribution in [0.2, 0.25) is 0 Å². The summed E-state index contributed by atoms with van der Waals surface area (Å²) in [7, 11) is 0. The van der Waals surface area contributed by atoms with Gasteiger partial charge in [-0.15, -0.1) is 11.6 Å². The van der Waals surface area contributed by atoms with Crippen LogP contribution in [0.5, 0.6) is 0 Å². The number of alkyl halides is 1. The van der Waals surface area contributed by atoms with Crippen LogP contribution in [0.25, 0.3) is 0 Å². The van der Waals surface area contributed by atoms with Gasteiger partial charge in [-0.25, -0.2) is 0 Å². The maximum atomic E-state index is 5.79.